The van der Waals surface area contributed by atoms with Gasteiger partial charge in [0, 0.05) is 31.8 Å². The van der Waals surface area contributed by atoms with Crippen LogP contribution in [0.2, 0.25) is 0 Å². The molecule has 0 N–H and O–H groups in total. The van der Waals surface area contributed by atoms with Crippen LogP contribution in [0.25, 0.3) is 0 Å². The van der Waals surface area contributed by atoms with Crippen LogP contribution < -0.4 is 0 Å². The highest BCUT2D eigenvalue weighted by Crippen LogP contribution is 2.16. The number of hydrogen-bond acceptors (Lipinski definition) is 3. The first-order chi connectivity index (χ1) is 7.86. The van der Waals surface area contributed by atoms with Gasteiger partial charge in [-0.25, -0.2) is 0 Å². The van der Waals surface area contributed by atoms with Gasteiger partial charge in [0.2, 0.25) is 5.91 Å². The van der Waals surface area contributed by atoms with Crippen LogP contribution in [0.4, 0.5) is 0 Å². The lowest BCUT2D eigenvalue weighted by molar-refractivity contribution is -0.130. The fraction of sp³-hybridized carbons (Fsp3) is 0.923. The molecule has 0 aromatic heterocycles. The number of thioether (sulfide) groups is 1. The van der Waals surface area contributed by atoms with E-state index in [1.54, 1.807) is 0 Å². The highest BCUT2D eigenvalue weighted by molar-refractivity contribution is 7.99. The molecule has 0 saturated heterocycles. The van der Waals surface area contributed by atoms with E-state index in [-0.39, 0.29) is 5.91 Å². The lowest BCUT2D eigenvalue weighted by Crippen LogP contribution is -2.34. The zero-order valence-electron chi connectivity index (χ0n) is 12.2. The van der Waals surface area contributed by atoms with Crippen molar-refractivity contribution in [2.24, 2.45) is 5.92 Å². The summed E-state index contributed by atoms with van der Waals surface area (Å²) in [5, 5.41) is 0.414. The lowest BCUT2D eigenvalue weighted by atomic mass is 10.2. The first-order valence-corrected chi connectivity index (χ1v) is 7.42. The number of hydrogen-bond donors (Lipinski definition) is 0. The molecule has 0 aromatic carbocycles. The normalized spacial score (nSPS) is 13.2. The minimum Gasteiger partial charge on any atom is -0.345 e. The van der Waals surface area contributed by atoms with Crippen LogP contribution in [0.1, 0.15) is 27.2 Å². The van der Waals surface area contributed by atoms with Crippen molar-refractivity contribution in [3.05, 3.63) is 0 Å². The molecular formula is C13H28N2OS. The molecule has 0 bridgehead atoms. The van der Waals surface area contributed by atoms with Crippen molar-refractivity contribution in [1.29, 1.82) is 0 Å². The zero-order chi connectivity index (χ0) is 13.4. The molecule has 0 spiro atoms. The maximum absolute atomic E-state index is 12.0. The third kappa shape index (κ3) is 8.50. The van der Waals surface area contributed by atoms with Crippen LogP contribution >= 0.6 is 11.8 Å². The van der Waals surface area contributed by atoms with Gasteiger partial charge >= 0.3 is 0 Å². The average molecular weight is 260 g/mol. The van der Waals surface area contributed by atoms with Gasteiger partial charge in [-0.1, -0.05) is 20.8 Å². The maximum Gasteiger partial charge on any atom is 0.223 e. The summed E-state index contributed by atoms with van der Waals surface area (Å²) in [7, 11) is 6.03. The SMILES string of the molecule is CCSC(CC(=O)N(C)CC(C)C)CN(C)C. The molecular weight excluding hydrogens is 232 g/mol. The van der Waals surface area contributed by atoms with Gasteiger partial charge in [-0.15, -0.1) is 0 Å². The third-order valence-electron chi connectivity index (χ3n) is 2.44. The highest BCUT2D eigenvalue weighted by atomic mass is 32.2. The third-order valence-corrected chi connectivity index (χ3v) is 3.56. The van der Waals surface area contributed by atoms with Gasteiger partial charge in [-0.2, -0.15) is 11.8 Å². The summed E-state index contributed by atoms with van der Waals surface area (Å²) < 4.78 is 0. The summed E-state index contributed by atoms with van der Waals surface area (Å²) in [6.07, 6.45) is 0.653. The minimum absolute atomic E-state index is 0.270. The quantitative estimate of drug-likeness (QED) is 0.668. The smallest absolute Gasteiger partial charge is 0.223 e. The van der Waals surface area contributed by atoms with E-state index >= 15 is 0 Å². The monoisotopic (exact) mass is 260 g/mol. The molecule has 0 rings (SSSR count). The van der Waals surface area contributed by atoms with Gasteiger partial charge < -0.3 is 9.80 Å². The van der Waals surface area contributed by atoms with Crippen molar-refractivity contribution in [1.82, 2.24) is 9.80 Å². The van der Waals surface area contributed by atoms with Gasteiger partial charge in [0.15, 0.2) is 0 Å². The number of carbonyl (C=O) groups is 1. The van der Waals surface area contributed by atoms with E-state index < -0.39 is 0 Å². The largest absolute Gasteiger partial charge is 0.345 e. The average Bonchev–Trinajstić information content (AvgIpc) is 2.15. The van der Waals surface area contributed by atoms with Crippen LogP contribution in [0.5, 0.6) is 0 Å². The van der Waals surface area contributed by atoms with Crippen LogP contribution in [-0.2, 0) is 4.79 Å². The van der Waals surface area contributed by atoms with Gasteiger partial charge in [0.1, 0.15) is 0 Å². The van der Waals surface area contributed by atoms with E-state index in [0.29, 0.717) is 17.6 Å². The second-order valence-electron chi connectivity index (χ2n) is 5.21. The van der Waals surface area contributed by atoms with Gasteiger partial charge in [0.05, 0.1) is 0 Å². The first-order valence-electron chi connectivity index (χ1n) is 6.37. The van der Waals surface area contributed by atoms with E-state index in [1.807, 2.05) is 23.7 Å². The summed E-state index contributed by atoms with van der Waals surface area (Å²) >= 11 is 1.88. The van der Waals surface area contributed by atoms with Gasteiger partial charge in [-0.3, -0.25) is 4.79 Å². The van der Waals surface area contributed by atoms with Gasteiger partial charge in [0.25, 0.3) is 0 Å². The number of amides is 1. The Bertz CT molecular complexity index is 219. The number of rotatable bonds is 8. The molecule has 0 aliphatic heterocycles. The zero-order valence-corrected chi connectivity index (χ0v) is 13.0. The molecule has 0 aliphatic rings. The Morgan fingerprint density at radius 1 is 1.18 bits per heavy atom. The lowest BCUT2D eigenvalue weighted by Gasteiger charge is -2.24. The van der Waals surface area contributed by atoms with Crippen molar-refractivity contribution in [2.75, 3.05) is 40.0 Å². The molecule has 0 radical (unpaired) electrons. The van der Waals surface area contributed by atoms with Gasteiger partial charge in [-0.05, 0) is 25.8 Å². The molecule has 0 aliphatic carbocycles. The molecule has 1 amide bonds. The van der Waals surface area contributed by atoms with Crippen molar-refractivity contribution >= 4 is 17.7 Å². The van der Waals surface area contributed by atoms with Crippen LogP contribution in [0, 0.1) is 5.92 Å². The predicted octanol–water partition coefficient (Wildman–Crippen LogP) is 2.17. The molecule has 1 atom stereocenters. The van der Waals surface area contributed by atoms with Crippen LogP contribution in [-0.4, -0.2) is 60.9 Å². The Morgan fingerprint density at radius 3 is 2.18 bits per heavy atom. The molecule has 0 fully saturated rings. The van der Waals surface area contributed by atoms with E-state index in [4.69, 9.17) is 0 Å². The van der Waals surface area contributed by atoms with E-state index in [2.05, 4.69) is 39.8 Å². The summed E-state index contributed by atoms with van der Waals surface area (Å²) in [6, 6.07) is 0. The Hall–Kier alpha value is -0.220. The fourth-order valence-electron chi connectivity index (χ4n) is 1.82. The van der Waals surface area contributed by atoms with E-state index in [9.17, 15) is 4.79 Å². The Labute approximate surface area is 111 Å². The predicted molar refractivity (Wildman–Crippen MR) is 77.6 cm³/mol. The van der Waals surface area contributed by atoms with Crippen molar-refractivity contribution in [3.63, 3.8) is 0 Å². The maximum atomic E-state index is 12.0. The second-order valence-corrected chi connectivity index (χ2v) is 6.79. The second kappa shape index (κ2) is 8.81. The van der Waals surface area contributed by atoms with E-state index in [1.165, 1.54) is 0 Å². The summed E-state index contributed by atoms with van der Waals surface area (Å²) in [4.78, 5) is 16.1. The standard InChI is InChI=1S/C13H28N2OS/c1-7-17-12(10-14(4)5)8-13(16)15(6)9-11(2)3/h11-12H,7-10H2,1-6H3. The van der Waals surface area contributed by atoms with Crippen molar-refractivity contribution < 1.29 is 4.79 Å². The minimum atomic E-state index is 0.270. The highest BCUT2D eigenvalue weighted by Gasteiger charge is 2.18. The Kier molecular flexibility index (Phi) is 8.70. The van der Waals surface area contributed by atoms with Crippen LogP contribution in [0.15, 0.2) is 0 Å². The van der Waals surface area contributed by atoms with Crippen molar-refractivity contribution in [2.45, 2.75) is 32.4 Å². The molecule has 3 nitrogen and oxygen atoms in total. The Balaban J connectivity index is 4.19. The van der Waals surface area contributed by atoms with E-state index in [0.717, 1.165) is 18.8 Å². The summed E-state index contributed by atoms with van der Waals surface area (Å²) in [5.41, 5.74) is 0. The molecule has 0 saturated carbocycles. The fourth-order valence-corrected chi connectivity index (χ4v) is 2.95. The number of nitrogens with zero attached hydrogens (tertiary/aromatic N) is 2. The molecule has 102 valence electrons. The molecule has 17 heavy (non-hydrogen) atoms. The summed E-state index contributed by atoms with van der Waals surface area (Å²) in [6.45, 7) is 8.25. The van der Waals surface area contributed by atoms with Crippen LogP contribution in [0.3, 0.4) is 0 Å². The summed E-state index contributed by atoms with van der Waals surface area (Å²) in [5.74, 6) is 1.88. The number of carbonyl (C=O) groups excluding carboxylic acids is 1. The first kappa shape index (κ1) is 16.8. The Morgan fingerprint density at radius 2 is 1.76 bits per heavy atom. The van der Waals surface area contributed by atoms with Crippen molar-refractivity contribution in [3.8, 4) is 0 Å². The molecule has 4 heteroatoms. The molecule has 0 aromatic rings. The molecule has 1 unspecified atom stereocenters. The molecule has 0 heterocycles. The topological polar surface area (TPSA) is 23.6 Å².